The number of hydrogen-bond donors (Lipinski definition) is 0. The fourth-order valence-electron chi connectivity index (χ4n) is 2.02. The van der Waals surface area contributed by atoms with Crippen molar-refractivity contribution in [1.82, 2.24) is 4.98 Å². The maximum Gasteiger partial charge on any atom is 0.238 e. The zero-order valence-electron chi connectivity index (χ0n) is 11.5. The molecule has 0 fully saturated rings. The lowest BCUT2D eigenvalue weighted by Gasteiger charge is -2.19. The fourth-order valence-corrected chi connectivity index (χ4v) is 3.56. The summed E-state index contributed by atoms with van der Waals surface area (Å²) in [4.78, 5) is 20.0. The van der Waals surface area contributed by atoms with Crippen molar-refractivity contribution in [2.75, 3.05) is 4.90 Å². The lowest BCUT2D eigenvalue weighted by molar-refractivity contribution is -0.117. The van der Waals surface area contributed by atoms with E-state index in [2.05, 4.69) is 4.98 Å². The first-order chi connectivity index (χ1) is 10.2. The van der Waals surface area contributed by atoms with Crippen molar-refractivity contribution in [3.63, 3.8) is 0 Å². The number of para-hydroxylation sites is 1. The van der Waals surface area contributed by atoms with E-state index in [1.54, 1.807) is 16.2 Å². The van der Waals surface area contributed by atoms with E-state index in [0.29, 0.717) is 6.42 Å². The molecular weight excluding hydrogens is 300 g/mol. The molecule has 106 valence electrons. The normalized spacial score (nSPS) is 10.5. The van der Waals surface area contributed by atoms with Crippen molar-refractivity contribution in [3.8, 4) is 0 Å². The molecule has 0 saturated carbocycles. The molecule has 21 heavy (non-hydrogen) atoms. The van der Waals surface area contributed by atoms with Crippen molar-refractivity contribution in [2.45, 2.75) is 13.3 Å². The Hall–Kier alpha value is -1.98. The molecule has 0 bridgehead atoms. The smallest absolute Gasteiger partial charge is 0.238 e. The number of aryl methyl sites for hydroxylation is 1. The van der Waals surface area contributed by atoms with Crippen LogP contribution in [0.4, 0.5) is 10.8 Å². The van der Waals surface area contributed by atoms with Crippen LogP contribution in [0.5, 0.6) is 0 Å². The molecule has 2 heterocycles. The number of anilines is 2. The number of thiazole rings is 1. The number of carbonyl (C=O) groups is 1. The highest BCUT2D eigenvalue weighted by molar-refractivity contribution is 7.14. The molecule has 3 nitrogen and oxygen atoms in total. The van der Waals surface area contributed by atoms with E-state index in [-0.39, 0.29) is 5.91 Å². The van der Waals surface area contributed by atoms with Gasteiger partial charge in [-0.2, -0.15) is 0 Å². The van der Waals surface area contributed by atoms with Gasteiger partial charge in [-0.05, 0) is 30.5 Å². The van der Waals surface area contributed by atoms with Crippen LogP contribution in [0, 0.1) is 6.92 Å². The molecule has 0 aliphatic heterocycles. The molecule has 0 saturated heterocycles. The molecule has 0 N–H and O–H groups in total. The van der Waals surface area contributed by atoms with E-state index in [1.165, 1.54) is 11.3 Å². The second-order valence-electron chi connectivity index (χ2n) is 4.59. The summed E-state index contributed by atoms with van der Waals surface area (Å²) in [6.07, 6.45) is 0.394. The predicted octanol–water partition coefficient (Wildman–Crippen LogP) is 4.42. The summed E-state index contributed by atoms with van der Waals surface area (Å²) < 4.78 is 0. The second kappa shape index (κ2) is 6.20. The molecule has 0 aliphatic carbocycles. The molecule has 3 aromatic rings. The average molecular weight is 314 g/mol. The number of rotatable bonds is 4. The molecule has 3 rings (SSSR count). The maximum atomic E-state index is 12.7. The van der Waals surface area contributed by atoms with Gasteiger partial charge in [0.25, 0.3) is 0 Å². The van der Waals surface area contributed by atoms with Crippen LogP contribution in [0.15, 0.2) is 53.2 Å². The van der Waals surface area contributed by atoms with E-state index in [0.717, 1.165) is 21.4 Å². The maximum absolute atomic E-state index is 12.7. The van der Waals surface area contributed by atoms with E-state index >= 15 is 0 Å². The average Bonchev–Trinajstić information content (AvgIpc) is 3.13. The monoisotopic (exact) mass is 314 g/mol. The van der Waals surface area contributed by atoms with Gasteiger partial charge in [-0.3, -0.25) is 9.69 Å². The van der Waals surface area contributed by atoms with Gasteiger partial charge in [0.15, 0.2) is 5.13 Å². The molecule has 1 aromatic carbocycles. The molecule has 0 unspecified atom stereocenters. The Labute approximate surface area is 131 Å². The summed E-state index contributed by atoms with van der Waals surface area (Å²) in [5.74, 6) is 0.0398. The second-order valence-corrected chi connectivity index (χ2v) is 6.46. The number of amides is 1. The van der Waals surface area contributed by atoms with Gasteiger partial charge in [0.1, 0.15) is 0 Å². The molecule has 0 aliphatic rings. The Bertz CT molecular complexity index is 720. The first-order valence-corrected chi connectivity index (χ1v) is 8.32. The van der Waals surface area contributed by atoms with E-state index in [9.17, 15) is 4.79 Å². The number of carbonyl (C=O) groups excluding carboxylic acids is 1. The number of thiophene rings is 1. The summed E-state index contributed by atoms with van der Waals surface area (Å²) in [7, 11) is 0. The Kier molecular flexibility index (Phi) is 4.13. The highest BCUT2D eigenvalue weighted by Crippen LogP contribution is 2.29. The molecule has 2 aromatic heterocycles. The third kappa shape index (κ3) is 3.20. The van der Waals surface area contributed by atoms with Gasteiger partial charge in [-0.15, -0.1) is 22.7 Å². The van der Waals surface area contributed by atoms with Gasteiger partial charge in [-0.1, -0.05) is 24.3 Å². The van der Waals surface area contributed by atoms with Crippen molar-refractivity contribution in [3.05, 3.63) is 63.8 Å². The van der Waals surface area contributed by atoms with Gasteiger partial charge >= 0.3 is 0 Å². The Morgan fingerprint density at radius 1 is 1.14 bits per heavy atom. The van der Waals surface area contributed by atoms with Crippen LogP contribution in [-0.4, -0.2) is 10.9 Å². The van der Waals surface area contributed by atoms with E-state index < -0.39 is 0 Å². The number of nitrogens with zero attached hydrogens (tertiary/aromatic N) is 2. The van der Waals surface area contributed by atoms with Crippen LogP contribution in [0.2, 0.25) is 0 Å². The minimum Gasteiger partial charge on any atom is -0.274 e. The van der Waals surface area contributed by atoms with E-state index in [4.69, 9.17) is 0 Å². The molecule has 5 heteroatoms. The standard InChI is InChI=1S/C16H14N2OS2/c1-12-11-21-16(17-12)18(13-6-3-2-4-7-13)15(19)10-14-8-5-9-20-14/h2-9,11H,10H2,1H3. The van der Waals surface area contributed by atoms with Gasteiger partial charge in [0, 0.05) is 10.3 Å². The summed E-state index contributed by atoms with van der Waals surface area (Å²) in [6, 6.07) is 13.6. The SMILES string of the molecule is Cc1csc(N(C(=O)Cc2cccs2)c2ccccc2)n1. The lowest BCUT2D eigenvalue weighted by atomic mass is 10.2. The minimum atomic E-state index is 0.0398. The Morgan fingerprint density at radius 2 is 1.95 bits per heavy atom. The highest BCUT2D eigenvalue weighted by Gasteiger charge is 2.21. The molecule has 0 radical (unpaired) electrons. The van der Waals surface area contributed by atoms with Gasteiger partial charge in [0.05, 0.1) is 17.8 Å². The van der Waals surface area contributed by atoms with Crippen molar-refractivity contribution >= 4 is 39.4 Å². The van der Waals surface area contributed by atoms with Crippen LogP contribution in [-0.2, 0) is 11.2 Å². The number of aromatic nitrogens is 1. The first-order valence-electron chi connectivity index (χ1n) is 6.56. The molecule has 0 spiro atoms. The van der Waals surface area contributed by atoms with Gasteiger partial charge in [-0.25, -0.2) is 4.98 Å². The molecular formula is C16H14N2OS2. The third-order valence-electron chi connectivity index (χ3n) is 2.97. The Morgan fingerprint density at radius 3 is 2.57 bits per heavy atom. The topological polar surface area (TPSA) is 33.2 Å². The molecule has 0 atom stereocenters. The van der Waals surface area contributed by atoms with Crippen LogP contribution in [0.3, 0.4) is 0 Å². The number of benzene rings is 1. The fraction of sp³-hybridized carbons (Fsp3) is 0.125. The van der Waals surface area contributed by atoms with Gasteiger partial charge in [0.2, 0.25) is 5.91 Å². The van der Waals surface area contributed by atoms with E-state index in [1.807, 2.05) is 60.1 Å². The largest absolute Gasteiger partial charge is 0.274 e. The zero-order chi connectivity index (χ0) is 14.7. The summed E-state index contributed by atoms with van der Waals surface area (Å²) in [5, 5.41) is 4.67. The Balaban J connectivity index is 1.94. The summed E-state index contributed by atoms with van der Waals surface area (Å²) in [6.45, 7) is 1.94. The van der Waals surface area contributed by atoms with Crippen LogP contribution in [0.25, 0.3) is 0 Å². The highest BCUT2D eigenvalue weighted by atomic mass is 32.1. The van der Waals surface area contributed by atoms with Crippen LogP contribution >= 0.6 is 22.7 Å². The minimum absolute atomic E-state index is 0.0398. The molecule has 1 amide bonds. The summed E-state index contributed by atoms with van der Waals surface area (Å²) >= 11 is 3.09. The predicted molar refractivity (Wildman–Crippen MR) is 88.5 cm³/mol. The van der Waals surface area contributed by atoms with Crippen LogP contribution < -0.4 is 4.90 Å². The van der Waals surface area contributed by atoms with Gasteiger partial charge < -0.3 is 0 Å². The number of hydrogen-bond acceptors (Lipinski definition) is 4. The van der Waals surface area contributed by atoms with Crippen molar-refractivity contribution in [1.29, 1.82) is 0 Å². The van der Waals surface area contributed by atoms with Crippen LogP contribution in [0.1, 0.15) is 10.6 Å². The zero-order valence-corrected chi connectivity index (χ0v) is 13.2. The quantitative estimate of drug-likeness (QED) is 0.714. The van der Waals surface area contributed by atoms with Crippen molar-refractivity contribution in [2.24, 2.45) is 0 Å². The first kappa shape index (κ1) is 14.0. The third-order valence-corrected chi connectivity index (χ3v) is 4.79. The lowest BCUT2D eigenvalue weighted by Crippen LogP contribution is -2.27. The van der Waals surface area contributed by atoms with Crippen molar-refractivity contribution < 1.29 is 4.79 Å². The summed E-state index contributed by atoms with van der Waals surface area (Å²) in [5.41, 5.74) is 1.79.